The van der Waals surface area contributed by atoms with Crippen LogP contribution in [0.3, 0.4) is 0 Å². The maximum atomic E-state index is 11.0. The molecule has 0 saturated heterocycles. The van der Waals surface area contributed by atoms with E-state index >= 15 is 0 Å². The lowest BCUT2D eigenvalue weighted by atomic mass is 10.2. The molecule has 0 heterocycles. The number of halogens is 1. The lowest BCUT2D eigenvalue weighted by Crippen LogP contribution is -2.13. The summed E-state index contributed by atoms with van der Waals surface area (Å²) in [5, 5.41) is 0. The van der Waals surface area contributed by atoms with Crippen molar-refractivity contribution in [3.63, 3.8) is 0 Å². The summed E-state index contributed by atoms with van der Waals surface area (Å²) in [4.78, 5) is 11.0. The lowest BCUT2D eigenvalue weighted by Gasteiger charge is -2.10. The van der Waals surface area contributed by atoms with Crippen LogP contribution >= 0.6 is 11.6 Å². The van der Waals surface area contributed by atoms with Gasteiger partial charge in [0.2, 0.25) is 0 Å². The molecule has 0 radical (unpaired) electrons. The highest BCUT2D eigenvalue weighted by atomic mass is 35.5. The van der Waals surface area contributed by atoms with Crippen molar-refractivity contribution in [2.75, 3.05) is 13.2 Å². The molecule has 0 aliphatic heterocycles. The van der Waals surface area contributed by atoms with Gasteiger partial charge in [-0.1, -0.05) is 41.9 Å². The number of hydrogen-bond donors (Lipinski definition) is 0. The summed E-state index contributed by atoms with van der Waals surface area (Å²) >= 11 is 5.92. The van der Waals surface area contributed by atoms with Gasteiger partial charge in [-0.3, -0.25) is 0 Å². The fourth-order valence-electron chi connectivity index (χ4n) is 1.04. The third kappa shape index (κ3) is 4.32. The molecule has 0 bridgehead atoms. The molecule has 15 heavy (non-hydrogen) atoms. The van der Waals surface area contributed by atoms with E-state index in [1.54, 1.807) is 6.92 Å². The van der Waals surface area contributed by atoms with E-state index in [1.807, 2.05) is 30.3 Å². The van der Waals surface area contributed by atoms with E-state index in [0.29, 0.717) is 6.61 Å². The summed E-state index contributed by atoms with van der Waals surface area (Å²) in [5.74, 6) is -0.404. The van der Waals surface area contributed by atoms with E-state index in [0.717, 1.165) is 5.56 Å². The van der Waals surface area contributed by atoms with Crippen LogP contribution in [0, 0.1) is 0 Å². The molecule has 1 aromatic carbocycles. The molecule has 1 atom stereocenters. The van der Waals surface area contributed by atoms with E-state index in [4.69, 9.17) is 21.1 Å². The van der Waals surface area contributed by atoms with Gasteiger partial charge in [0.05, 0.1) is 6.61 Å². The molecule has 0 fully saturated rings. The minimum atomic E-state index is -0.615. The molecule has 0 aliphatic carbocycles. The average molecular weight is 229 g/mol. The number of benzene rings is 1. The summed E-state index contributed by atoms with van der Waals surface area (Å²) in [6.45, 7) is 1.96. The number of carbonyl (C=O) groups is 1. The van der Waals surface area contributed by atoms with Crippen molar-refractivity contribution in [3.8, 4) is 0 Å². The first-order valence-corrected chi connectivity index (χ1v) is 5.14. The molecular formula is C11H13ClO3. The monoisotopic (exact) mass is 228 g/mol. The third-order valence-corrected chi connectivity index (χ3v) is 2.09. The van der Waals surface area contributed by atoms with E-state index in [2.05, 4.69) is 0 Å². The fraction of sp³-hybridized carbons (Fsp3) is 0.364. The average Bonchev–Trinajstić information content (AvgIpc) is 2.27. The highest BCUT2D eigenvalue weighted by Crippen LogP contribution is 2.20. The molecule has 3 nitrogen and oxygen atoms in total. The fourth-order valence-corrected chi connectivity index (χ4v) is 1.25. The van der Waals surface area contributed by atoms with Gasteiger partial charge in [-0.15, -0.1) is 0 Å². The first kappa shape index (κ1) is 12.0. The van der Waals surface area contributed by atoms with Crippen LogP contribution in [-0.4, -0.2) is 19.2 Å². The standard InChI is InChI=1S/C11H13ClO3/c1-2-14-10(13)8-15-11(12)9-6-4-3-5-7-9/h3-7,11H,2,8H2,1H3. The second-order valence-electron chi connectivity index (χ2n) is 2.84. The molecule has 82 valence electrons. The van der Waals surface area contributed by atoms with Gasteiger partial charge in [0.25, 0.3) is 0 Å². The molecule has 1 unspecified atom stereocenters. The Bertz CT molecular complexity index is 300. The lowest BCUT2D eigenvalue weighted by molar-refractivity contribution is -0.149. The van der Waals surface area contributed by atoms with E-state index in [-0.39, 0.29) is 6.61 Å². The van der Waals surface area contributed by atoms with Crippen LogP contribution in [0.1, 0.15) is 18.1 Å². The number of hydrogen-bond acceptors (Lipinski definition) is 3. The van der Waals surface area contributed by atoms with Crippen LogP contribution in [0.15, 0.2) is 30.3 Å². The van der Waals surface area contributed by atoms with Gasteiger partial charge in [-0.25, -0.2) is 4.79 Å². The Morgan fingerprint density at radius 3 is 2.67 bits per heavy atom. The molecule has 0 aliphatic rings. The summed E-state index contributed by atoms with van der Waals surface area (Å²) in [7, 11) is 0. The Morgan fingerprint density at radius 1 is 1.40 bits per heavy atom. The number of rotatable bonds is 5. The Hall–Kier alpha value is -1.06. The molecule has 4 heteroatoms. The summed E-state index contributed by atoms with van der Waals surface area (Å²) in [5.41, 5.74) is 0.207. The largest absolute Gasteiger partial charge is 0.464 e. The molecule has 0 N–H and O–H groups in total. The zero-order chi connectivity index (χ0) is 11.1. The summed E-state index contributed by atoms with van der Waals surface area (Å²) < 4.78 is 9.84. The van der Waals surface area contributed by atoms with Crippen molar-refractivity contribution < 1.29 is 14.3 Å². The topological polar surface area (TPSA) is 35.5 Å². The minimum Gasteiger partial charge on any atom is -0.464 e. The zero-order valence-electron chi connectivity index (χ0n) is 8.48. The first-order chi connectivity index (χ1) is 7.24. The summed E-state index contributed by atoms with van der Waals surface area (Å²) in [6, 6.07) is 9.28. The number of esters is 1. The van der Waals surface area contributed by atoms with Gasteiger partial charge >= 0.3 is 5.97 Å². The number of alkyl halides is 1. The molecule has 0 spiro atoms. The van der Waals surface area contributed by atoms with Gasteiger partial charge in [0.15, 0.2) is 5.56 Å². The predicted octanol–water partition coefficient (Wildman–Crippen LogP) is 2.50. The van der Waals surface area contributed by atoms with Gasteiger partial charge < -0.3 is 9.47 Å². The van der Waals surface area contributed by atoms with E-state index in [9.17, 15) is 4.79 Å². The minimum absolute atomic E-state index is 0.128. The van der Waals surface area contributed by atoms with Gasteiger partial charge in [-0.05, 0) is 12.5 Å². The Morgan fingerprint density at radius 2 is 2.07 bits per heavy atom. The molecule has 0 saturated carbocycles. The third-order valence-electron chi connectivity index (χ3n) is 1.71. The van der Waals surface area contributed by atoms with Crippen LogP contribution in [0.25, 0.3) is 0 Å². The van der Waals surface area contributed by atoms with Crippen molar-refractivity contribution in [2.24, 2.45) is 0 Å². The number of ether oxygens (including phenoxy) is 2. The van der Waals surface area contributed by atoms with Crippen LogP contribution in [0.4, 0.5) is 0 Å². The smallest absolute Gasteiger partial charge is 0.332 e. The second kappa shape index (κ2) is 6.43. The van der Waals surface area contributed by atoms with Crippen LogP contribution in [0.5, 0.6) is 0 Å². The highest BCUT2D eigenvalue weighted by molar-refractivity contribution is 6.19. The van der Waals surface area contributed by atoms with Crippen LogP contribution in [0.2, 0.25) is 0 Å². The summed E-state index contributed by atoms with van der Waals surface area (Å²) in [6.07, 6.45) is 0. The van der Waals surface area contributed by atoms with Crippen molar-refractivity contribution in [1.82, 2.24) is 0 Å². The SMILES string of the molecule is CCOC(=O)COC(Cl)c1ccccc1. The van der Waals surface area contributed by atoms with Gasteiger partial charge in [0, 0.05) is 0 Å². The van der Waals surface area contributed by atoms with E-state index in [1.165, 1.54) is 0 Å². The van der Waals surface area contributed by atoms with Crippen molar-refractivity contribution >= 4 is 17.6 Å². The molecule has 1 aromatic rings. The maximum absolute atomic E-state index is 11.0. The molecule has 0 aromatic heterocycles. The van der Waals surface area contributed by atoms with Crippen LogP contribution < -0.4 is 0 Å². The molecule has 1 rings (SSSR count). The normalized spacial score (nSPS) is 12.1. The first-order valence-electron chi connectivity index (χ1n) is 4.70. The van der Waals surface area contributed by atoms with Crippen molar-refractivity contribution in [1.29, 1.82) is 0 Å². The maximum Gasteiger partial charge on any atom is 0.332 e. The Balaban J connectivity index is 2.37. The van der Waals surface area contributed by atoms with Gasteiger partial charge in [-0.2, -0.15) is 0 Å². The van der Waals surface area contributed by atoms with Crippen molar-refractivity contribution in [3.05, 3.63) is 35.9 Å². The Labute approximate surface area is 93.9 Å². The quantitative estimate of drug-likeness (QED) is 0.574. The second-order valence-corrected chi connectivity index (χ2v) is 3.24. The van der Waals surface area contributed by atoms with E-state index < -0.39 is 11.5 Å². The molecule has 0 amide bonds. The molecular weight excluding hydrogens is 216 g/mol. The number of carbonyl (C=O) groups excluding carboxylic acids is 1. The Kier molecular flexibility index (Phi) is 5.15. The zero-order valence-corrected chi connectivity index (χ0v) is 9.24. The van der Waals surface area contributed by atoms with Crippen LogP contribution in [-0.2, 0) is 14.3 Å². The predicted molar refractivity (Wildman–Crippen MR) is 57.6 cm³/mol. The van der Waals surface area contributed by atoms with Crippen molar-refractivity contribution in [2.45, 2.75) is 12.5 Å². The van der Waals surface area contributed by atoms with Gasteiger partial charge in [0.1, 0.15) is 6.61 Å². The highest BCUT2D eigenvalue weighted by Gasteiger charge is 2.10.